The number of hydrogen-bond acceptors (Lipinski definition) is 4. The van der Waals surface area contributed by atoms with Crippen molar-refractivity contribution in [1.82, 2.24) is 9.21 Å². The summed E-state index contributed by atoms with van der Waals surface area (Å²) >= 11 is 0. The molecule has 2 aliphatic rings. The predicted octanol–water partition coefficient (Wildman–Crippen LogP) is 4.46. The number of amides is 1. The molecule has 178 valence electrons. The Morgan fingerprint density at radius 1 is 0.909 bits per heavy atom. The maximum Gasteiger partial charge on any atom is 0.257 e. The third kappa shape index (κ3) is 5.58. The van der Waals surface area contributed by atoms with Gasteiger partial charge in [-0.3, -0.25) is 4.79 Å². The lowest BCUT2D eigenvalue weighted by Crippen LogP contribution is -2.51. The highest BCUT2D eigenvalue weighted by Crippen LogP contribution is 2.32. The first kappa shape index (κ1) is 23.8. The standard InChI is InChI=1S/C26H34N2O4S/c1-2-27-18-10-11-19-28(33(30,31)20-21-12-4-3-5-13-21)23-15-7-9-17-25(23)32-24-16-8-6-14-22(24)26(27)29/h3-6,8,12-14,16,23,25H,2,7,9-11,15,17-20H2,1H3/t23-,25+/m1/s1. The van der Waals surface area contributed by atoms with Crippen LogP contribution in [0.5, 0.6) is 5.75 Å². The summed E-state index contributed by atoms with van der Waals surface area (Å²) in [6, 6.07) is 16.5. The van der Waals surface area contributed by atoms with E-state index >= 15 is 0 Å². The van der Waals surface area contributed by atoms with Gasteiger partial charge < -0.3 is 9.64 Å². The Balaban J connectivity index is 1.69. The van der Waals surface area contributed by atoms with Crippen molar-refractivity contribution >= 4 is 15.9 Å². The van der Waals surface area contributed by atoms with Gasteiger partial charge in [-0.25, -0.2) is 8.42 Å². The van der Waals surface area contributed by atoms with E-state index in [4.69, 9.17) is 4.74 Å². The minimum absolute atomic E-state index is 0.00673. The predicted molar refractivity (Wildman–Crippen MR) is 130 cm³/mol. The van der Waals surface area contributed by atoms with E-state index in [1.807, 2.05) is 66.4 Å². The molecule has 1 amide bonds. The van der Waals surface area contributed by atoms with Gasteiger partial charge in [0.15, 0.2) is 0 Å². The first-order chi connectivity index (χ1) is 16.0. The van der Waals surface area contributed by atoms with Crippen molar-refractivity contribution in [2.24, 2.45) is 0 Å². The Kier molecular flexibility index (Phi) is 7.71. The minimum atomic E-state index is -3.53. The second-order valence-electron chi connectivity index (χ2n) is 8.95. The molecule has 2 atom stereocenters. The van der Waals surface area contributed by atoms with Crippen molar-refractivity contribution in [3.05, 3.63) is 65.7 Å². The number of rotatable bonds is 4. The second kappa shape index (κ2) is 10.7. The Labute approximate surface area is 197 Å². The van der Waals surface area contributed by atoms with Crippen LogP contribution < -0.4 is 4.74 Å². The van der Waals surface area contributed by atoms with Gasteiger partial charge >= 0.3 is 0 Å². The van der Waals surface area contributed by atoms with Gasteiger partial charge in [0.05, 0.1) is 17.4 Å². The first-order valence-electron chi connectivity index (χ1n) is 12.1. The number of ether oxygens (including phenoxy) is 1. The molecule has 0 saturated heterocycles. The number of carbonyl (C=O) groups is 1. The topological polar surface area (TPSA) is 66.9 Å². The summed E-state index contributed by atoms with van der Waals surface area (Å²) in [5.41, 5.74) is 1.35. The second-order valence-corrected chi connectivity index (χ2v) is 10.9. The lowest BCUT2D eigenvalue weighted by atomic mass is 9.92. The van der Waals surface area contributed by atoms with Crippen LogP contribution in [0, 0.1) is 0 Å². The summed E-state index contributed by atoms with van der Waals surface area (Å²) in [4.78, 5) is 15.0. The van der Waals surface area contributed by atoms with E-state index < -0.39 is 10.0 Å². The largest absolute Gasteiger partial charge is 0.488 e. The number of fused-ring (bicyclic) bond motifs is 2. The molecule has 0 aromatic heterocycles. The smallest absolute Gasteiger partial charge is 0.257 e. The molecule has 4 rings (SSSR count). The Hall–Kier alpha value is -2.38. The minimum Gasteiger partial charge on any atom is -0.488 e. The highest BCUT2D eigenvalue weighted by molar-refractivity contribution is 7.88. The molecule has 7 heteroatoms. The van der Waals surface area contributed by atoms with E-state index in [0.29, 0.717) is 37.4 Å². The van der Waals surface area contributed by atoms with E-state index in [9.17, 15) is 13.2 Å². The maximum absolute atomic E-state index is 13.7. The van der Waals surface area contributed by atoms with Crippen molar-refractivity contribution in [2.75, 3.05) is 19.6 Å². The van der Waals surface area contributed by atoms with Crippen molar-refractivity contribution in [3.63, 3.8) is 0 Å². The van der Waals surface area contributed by atoms with Crippen molar-refractivity contribution < 1.29 is 17.9 Å². The van der Waals surface area contributed by atoms with Crippen LogP contribution in [0.1, 0.15) is 61.4 Å². The lowest BCUT2D eigenvalue weighted by molar-refractivity contribution is 0.0641. The maximum atomic E-state index is 13.7. The molecule has 1 saturated carbocycles. The summed E-state index contributed by atoms with van der Waals surface area (Å²) in [5, 5.41) is 0. The van der Waals surface area contributed by atoms with Gasteiger partial charge in [-0.2, -0.15) is 4.31 Å². The number of sulfonamides is 1. The molecule has 0 unspecified atom stereocenters. The van der Waals surface area contributed by atoms with E-state index in [0.717, 1.165) is 37.7 Å². The van der Waals surface area contributed by atoms with Crippen LogP contribution in [0.15, 0.2) is 54.6 Å². The van der Waals surface area contributed by atoms with Crippen molar-refractivity contribution in [1.29, 1.82) is 0 Å². The SMILES string of the molecule is CCN1CCCCN(S(=O)(=O)Cc2ccccc2)[C@@H]2CCCC[C@@H]2Oc2ccccc2C1=O. The van der Waals surface area contributed by atoms with E-state index in [2.05, 4.69) is 0 Å². The lowest BCUT2D eigenvalue weighted by Gasteiger charge is -2.40. The van der Waals surface area contributed by atoms with Gasteiger partial charge in [0.25, 0.3) is 5.91 Å². The molecule has 2 aromatic carbocycles. The van der Waals surface area contributed by atoms with Crippen LogP contribution in [0.2, 0.25) is 0 Å². The number of para-hydroxylation sites is 1. The zero-order chi connectivity index (χ0) is 23.3. The van der Waals surface area contributed by atoms with E-state index in [1.165, 1.54) is 0 Å². The summed E-state index contributed by atoms with van der Waals surface area (Å²) in [5.74, 6) is 0.529. The fraction of sp³-hybridized carbons (Fsp3) is 0.500. The molecule has 1 heterocycles. The molecule has 1 fully saturated rings. The summed E-state index contributed by atoms with van der Waals surface area (Å²) in [7, 11) is -3.53. The molecule has 6 nitrogen and oxygen atoms in total. The number of carbonyl (C=O) groups excluding carboxylic acids is 1. The fourth-order valence-electron chi connectivity index (χ4n) is 4.98. The van der Waals surface area contributed by atoms with Crippen LogP contribution in [-0.4, -0.2) is 55.3 Å². The number of benzene rings is 2. The highest BCUT2D eigenvalue weighted by atomic mass is 32.2. The quantitative estimate of drug-likeness (QED) is 0.662. The summed E-state index contributed by atoms with van der Waals surface area (Å²) in [6.45, 7) is 3.63. The molecule has 0 bridgehead atoms. The van der Waals surface area contributed by atoms with Gasteiger partial charge in [-0.05, 0) is 56.7 Å². The first-order valence-corrected chi connectivity index (χ1v) is 13.7. The molecular formula is C26H34N2O4S. The fourth-order valence-corrected chi connectivity index (χ4v) is 6.82. The summed E-state index contributed by atoms with van der Waals surface area (Å²) < 4.78 is 35.5. The highest BCUT2D eigenvalue weighted by Gasteiger charge is 2.38. The van der Waals surface area contributed by atoms with E-state index in [1.54, 1.807) is 4.31 Å². The van der Waals surface area contributed by atoms with Gasteiger partial charge in [-0.1, -0.05) is 48.9 Å². The Bertz CT molecular complexity index is 1040. The van der Waals surface area contributed by atoms with Gasteiger partial charge in [0.1, 0.15) is 11.9 Å². The van der Waals surface area contributed by atoms with E-state index in [-0.39, 0.29) is 23.8 Å². The third-order valence-corrected chi connectivity index (χ3v) is 8.57. The Morgan fingerprint density at radius 2 is 1.61 bits per heavy atom. The summed E-state index contributed by atoms with van der Waals surface area (Å²) in [6.07, 6.45) is 4.72. The average Bonchev–Trinajstić information content (AvgIpc) is 2.82. The van der Waals surface area contributed by atoms with Gasteiger partial charge in [0, 0.05) is 19.6 Å². The molecule has 1 aliphatic heterocycles. The van der Waals surface area contributed by atoms with Crippen molar-refractivity contribution in [2.45, 2.75) is 63.3 Å². The number of nitrogens with zero attached hydrogens (tertiary/aromatic N) is 2. The zero-order valence-electron chi connectivity index (χ0n) is 19.4. The molecule has 33 heavy (non-hydrogen) atoms. The van der Waals surface area contributed by atoms with Crippen LogP contribution in [0.4, 0.5) is 0 Å². The number of hydrogen-bond donors (Lipinski definition) is 0. The molecule has 0 N–H and O–H groups in total. The van der Waals surface area contributed by atoms with Gasteiger partial charge in [-0.15, -0.1) is 0 Å². The molecule has 0 radical (unpaired) electrons. The normalized spacial score (nSPS) is 22.9. The molecule has 1 aliphatic carbocycles. The van der Waals surface area contributed by atoms with Crippen LogP contribution in [0.3, 0.4) is 0 Å². The van der Waals surface area contributed by atoms with Crippen LogP contribution in [0.25, 0.3) is 0 Å². The average molecular weight is 471 g/mol. The zero-order valence-corrected chi connectivity index (χ0v) is 20.2. The van der Waals surface area contributed by atoms with Gasteiger partial charge in [0.2, 0.25) is 10.0 Å². The molecule has 2 aromatic rings. The van der Waals surface area contributed by atoms with Crippen LogP contribution >= 0.6 is 0 Å². The molecular weight excluding hydrogens is 436 g/mol. The van der Waals surface area contributed by atoms with Crippen LogP contribution in [-0.2, 0) is 15.8 Å². The molecule has 0 spiro atoms. The Morgan fingerprint density at radius 3 is 2.39 bits per heavy atom. The van der Waals surface area contributed by atoms with Crippen molar-refractivity contribution in [3.8, 4) is 5.75 Å². The monoisotopic (exact) mass is 470 g/mol. The third-order valence-electron chi connectivity index (χ3n) is 6.71.